The van der Waals surface area contributed by atoms with Gasteiger partial charge in [-0.1, -0.05) is 41.7 Å². The number of hydrogen-bond donors (Lipinski definition) is 0. The van der Waals surface area contributed by atoms with Gasteiger partial charge < -0.3 is 4.90 Å². The summed E-state index contributed by atoms with van der Waals surface area (Å²) in [5, 5.41) is 5.96. The Bertz CT molecular complexity index is 214. The number of halogens is 3. The molecule has 0 aromatic carbocycles. The highest BCUT2D eigenvalue weighted by Crippen LogP contribution is 2.36. The molecule has 1 heterocycles. The molecule has 0 saturated carbocycles. The fourth-order valence-corrected chi connectivity index (χ4v) is 2.19. The van der Waals surface area contributed by atoms with Gasteiger partial charge in [-0.3, -0.25) is 5.01 Å². The molecule has 0 aliphatic carbocycles. The average Bonchev–Trinajstić information content (AvgIpc) is 2.47. The second kappa shape index (κ2) is 4.77. The fourth-order valence-electron chi connectivity index (χ4n) is 1.48. The summed E-state index contributed by atoms with van der Waals surface area (Å²) in [4.78, 5) is 1.95. The summed E-state index contributed by atoms with van der Waals surface area (Å²) in [6.07, 6.45) is 2.46. The molecule has 0 aromatic rings. The van der Waals surface area contributed by atoms with Gasteiger partial charge in [-0.2, -0.15) is 5.10 Å². The van der Waals surface area contributed by atoms with E-state index in [2.05, 4.69) is 12.0 Å². The van der Waals surface area contributed by atoms with E-state index in [0.717, 1.165) is 19.5 Å². The number of alkyl halides is 3. The maximum atomic E-state index is 5.91. The highest BCUT2D eigenvalue weighted by atomic mass is 35.6. The van der Waals surface area contributed by atoms with Crippen molar-refractivity contribution < 1.29 is 0 Å². The molecule has 1 rings (SSSR count). The van der Waals surface area contributed by atoms with Crippen LogP contribution in [0.25, 0.3) is 0 Å². The normalized spacial score (nSPS) is 22.2. The summed E-state index contributed by atoms with van der Waals surface area (Å²) in [6, 6.07) is 0. The number of rotatable bonds is 3. The van der Waals surface area contributed by atoms with E-state index in [4.69, 9.17) is 34.8 Å². The van der Waals surface area contributed by atoms with Gasteiger partial charge in [0.15, 0.2) is 6.17 Å². The SMILES string of the molecule is CCCN1C=NN(CC)C1C(Cl)(Cl)Cl. The topological polar surface area (TPSA) is 18.8 Å². The van der Waals surface area contributed by atoms with Crippen LogP contribution in [0.3, 0.4) is 0 Å². The van der Waals surface area contributed by atoms with E-state index in [1.54, 1.807) is 11.3 Å². The van der Waals surface area contributed by atoms with Crippen LogP contribution in [0.15, 0.2) is 5.10 Å². The molecular weight excluding hydrogens is 244 g/mol. The second-order valence-electron chi connectivity index (χ2n) is 3.14. The first kappa shape index (κ1) is 12.2. The molecule has 0 amide bonds. The third-order valence-electron chi connectivity index (χ3n) is 2.04. The van der Waals surface area contributed by atoms with Crippen molar-refractivity contribution >= 4 is 41.1 Å². The van der Waals surface area contributed by atoms with Crippen LogP contribution in [0.5, 0.6) is 0 Å². The highest BCUT2D eigenvalue weighted by molar-refractivity contribution is 6.68. The Labute approximate surface area is 99.6 Å². The van der Waals surface area contributed by atoms with Crippen LogP contribution in [-0.2, 0) is 0 Å². The van der Waals surface area contributed by atoms with Crippen LogP contribution < -0.4 is 0 Å². The fraction of sp³-hybridized carbons (Fsp3) is 0.875. The van der Waals surface area contributed by atoms with Gasteiger partial charge in [0.05, 0.1) is 0 Å². The predicted molar refractivity (Wildman–Crippen MR) is 61.9 cm³/mol. The third kappa shape index (κ3) is 2.59. The van der Waals surface area contributed by atoms with Crippen LogP contribution in [0, 0.1) is 0 Å². The van der Waals surface area contributed by atoms with Crippen molar-refractivity contribution in [3.63, 3.8) is 0 Å². The van der Waals surface area contributed by atoms with E-state index in [9.17, 15) is 0 Å². The van der Waals surface area contributed by atoms with E-state index < -0.39 is 3.79 Å². The molecule has 0 N–H and O–H groups in total. The first-order valence-corrected chi connectivity index (χ1v) is 5.77. The van der Waals surface area contributed by atoms with Gasteiger partial charge in [0.1, 0.15) is 6.34 Å². The number of hydrogen-bond acceptors (Lipinski definition) is 3. The van der Waals surface area contributed by atoms with E-state index >= 15 is 0 Å². The quantitative estimate of drug-likeness (QED) is 0.725. The van der Waals surface area contributed by atoms with Crippen molar-refractivity contribution in [2.45, 2.75) is 30.2 Å². The van der Waals surface area contributed by atoms with Crippen molar-refractivity contribution in [2.75, 3.05) is 13.1 Å². The number of nitrogens with zero attached hydrogens (tertiary/aromatic N) is 3. The van der Waals surface area contributed by atoms with Crippen LogP contribution in [0.1, 0.15) is 20.3 Å². The van der Waals surface area contributed by atoms with E-state index in [-0.39, 0.29) is 6.17 Å². The van der Waals surface area contributed by atoms with Gasteiger partial charge in [0.25, 0.3) is 0 Å². The minimum Gasteiger partial charge on any atom is -0.336 e. The third-order valence-corrected chi connectivity index (χ3v) is 2.63. The van der Waals surface area contributed by atoms with Gasteiger partial charge in [-0.05, 0) is 13.3 Å². The standard InChI is InChI=1S/C8H14Cl3N3/c1-3-5-13-6-12-14(4-2)7(13)8(9,10)11/h6-7H,3-5H2,1-2H3. The lowest BCUT2D eigenvalue weighted by Crippen LogP contribution is -2.48. The highest BCUT2D eigenvalue weighted by Gasteiger charge is 2.42. The van der Waals surface area contributed by atoms with Gasteiger partial charge in [-0.15, -0.1) is 0 Å². The molecular formula is C8H14Cl3N3. The second-order valence-corrected chi connectivity index (χ2v) is 5.51. The summed E-state index contributed by atoms with van der Waals surface area (Å²) in [5.41, 5.74) is 0. The van der Waals surface area contributed by atoms with Crippen LogP contribution in [0.4, 0.5) is 0 Å². The minimum absolute atomic E-state index is 0.280. The molecule has 0 bridgehead atoms. The van der Waals surface area contributed by atoms with Gasteiger partial charge in [-0.25, -0.2) is 0 Å². The molecule has 14 heavy (non-hydrogen) atoms. The molecule has 0 aromatic heterocycles. The molecule has 0 saturated heterocycles. The molecule has 82 valence electrons. The van der Waals surface area contributed by atoms with E-state index in [0.29, 0.717) is 0 Å². The van der Waals surface area contributed by atoms with Gasteiger partial charge in [0, 0.05) is 13.1 Å². The Hall–Kier alpha value is 0.140. The molecule has 0 fully saturated rings. The lowest BCUT2D eigenvalue weighted by molar-refractivity contribution is 0.140. The Morgan fingerprint density at radius 1 is 1.36 bits per heavy atom. The maximum Gasteiger partial charge on any atom is 0.230 e. The zero-order valence-corrected chi connectivity index (χ0v) is 10.5. The van der Waals surface area contributed by atoms with Crippen molar-refractivity contribution in [2.24, 2.45) is 5.10 Å². The largest absolute Gasteiger partial charge is 0.336 e. The van der Waals surface area contributed by atoms with E-state index in [1.807, 2.05) is 11.8 Å². The smallest absolute Gasteiger partial charge is 0.230 e. The summed E-state index contributed by atoms with van der Waals surface area (Å²) >= 11 is 17.7. The van der Waals surface area contributed by atoms with Crippen LogP contribution in [-0.4, -0.2) is 39.3 Å². The lowest BCUT2D eigenvalue weighted by atomic mass is 10.4. The molecule has 1 aliphatic heterocycles. The monoisotopic (exact) mass is 257 g/mol. The first-order valence-electron chi connectivity index (χ1n) is 4.64. The average molecular weight is 259 g/mol. The Morgan fingerprint density at radius 2 is 2.00 bits per heavy atom. The molecule has 6 heteroatoms. The minimum atomic E-state index is -1.33. The number of hydrazone groups is 1. The van der Waals surface area contributed by atoms with E-state index in [1.165, 1.54) is 0 Å². The Morgan fingerprint density at radius 3 is 2.43 bits per heavy atom. The summed E-state index contributed by atoms with van der Waals surface area (Å²) in [6.45, 7) is 5.64. The summed E-state index contributed by atoms with van der Waals surface area (Å²) in [7, 11) is 0. The maximum absolute atomic E-state index is 5.91. The molecule has 1 atom stereocenters. The molecule has 3 nitrogen and oxygen atoms in total. The van der Waals surface area contributed by atoms with Gasteiger partial charge in [0.2, 0.25) is 3.79 Å². The Balaban J connectivity index is 2.74. The summed E-state index contributed by atoms with van der Waals surface area (Å²) in [5.74, 6) is 0. The van der Waals surface area contributed by atoms with Crippen LogP contribution in [0.2, 0.25) is 0 Å². The van der Waals surface area contributed by atoms with Gasteiger partial charge >= 0.3 is 0 Å². The zero-order chi connectivity index (χ0) is 10.8. The predicted octanol–water partition coefficient (Wildman–Crippen LogP) is 2.67. The van der Waals surface area contributed by atoms with Crippen molar-refractivity contribution in [1.82, 2.24) is 9.91 Å². The lowest BCUT2D eigenvalue weighted by Gasteiger charge is -2.34. The molecule has 1 aliphatic rings. The molecule has 0 radical (unpaired) electrons. The van der Waals surface area contributed by atoms with Crippen molar-refractivity contribution in [3.8, 4) is 0 Å². The van der Waals surface area contributed by atoms with Crippen LogP contribution >= 0.6 is 34.8 Å². The molecule has 1 unspecified atom stereocenters. The summed E-state index contributed by atoms with van der Waals surface area (Å²) < 4.78 is -1.33. The molecule has 0 spiro atoms. The van der Waals surface area contributed by atoms with Crippen molar-refractivity contribution in [3.05, 3.63) is 0 Å². The first-order chi connectivity index (χ1) is 6.50. The Kier molecular flexibility index (Phi) is 4.16. The van der Waals surface area contributed by atoms with Crippen molar-refractivity contribution in [1.29, 1.82) is 0 Å². The zero-order valence-electron chi connectivity index (χ0n) is 8.25.